The smallest absolute Gasteiger partial charge is 0.119 e. The van der Waals surface area contributed by atoms with Crippen LogP contribution in [0.4, 0.5) is 5.69 Å². The molecule has 0 saturated heterocycles. The fourth-order valence-electron chi connectivity index (χ4n) is 2.81. The van der Waals surface area contributed by atoms with Crippen molar-refractivity contribution >= 4 is 11.3 Å². The van der Waals surface area contributed by atoms with Crippen molar-refractivity contribution in [3.05, 3.63) is 78.4 Å². The highest BCUT2D eigenvalue weighted by molar-refractivity contribution is 5.81. The van der Waals surface area contributed by atoms with Gasteiger partial charge in [0.2, 0.25) is 0 Å². The summed E-state index contributed by atoms with van der Waals surface area (Å²) in [6.07, 6.45) is 3.90. The van der Waals surface area contributed by atoms with E-state index < -0.39 is 0 Å². The van der Waals surface area contributed by atoms with E-state index in [0.29, 0.717) is 6.61 Å². The molecule has 2 aromatic rings. The maximum absolute atomic E-state index is 5.53. The highest BCUT2D eigenvalue weighted by atomic mass is 16.5. The fourth-order valence-corrected chi connectivity index (χ4v) is 2.81. The van der Waals surface area contributed by atoms with E-state index in [1.54, 1.807) is 0 Å². The molecule has 2 nitrogen and oxygen atoms in total. The van der Waals surface area contributed by atoms with E-state index in [-0.39, 0.29) is 0 Å². The third kappa shape index (κ3) is 4.29. The molecule has 0 aliphatic carbocycles. The van der Waals surface area contributed by atoms with E-state index in [9.17, 15) is 0 Å². The van der Waals surface area contributed by atoms with Gasteiger partial charge in [0, 0.05) is 18.8 Å². The lowest BCUT2D eigenvalue weighted by Gasteiger charge is -2.21. The number of benzene rings is 2. The molecule has 2 heteroatoms. The first-order valence-electron chi connectivity index (χ1n) is 8.64. The zero-order valence-corrected chi connectivity index (χ0v) is 15.0. The third-order valence-corrected chi connectivity index (χ3v) is 4.07. The highest BCUT2D eigenvalue weighted by Crippen LogP contribution is 2.27. The molecule has 0 saturated carbocycles. The second kappa shape index (κ2) is 8.97. The van der Waals surface area contributed by atoms with Gasteiger partial charge < -0.3 is 9.64 Å². The second-order valence-electron chi connectivity index (χ2n) is 5.49. The van der Waals surface area contributed by atoms with Gasteiger partial charge in [0.05, 0.1) is 6.61 Å². The van der Waals surface area contributed by atoms with Crippen LogP contribution in [0, 0.1) is 0 Å². The van der Waals surface area contributed by atoms with Crippen molar-refractivity contribution in [3.8, 4) is 5.75 Å². The number of allylic oxidation sites excluding steroid dienone is 2. The second-order valence-corrected chi connectivity index (χ2v) is 5.49. The summed E-state index contributed by atoms with van der Waals surface area (Å²) in [7, 11) is 0. The average molecular weight is 321 g/mol. The Balaban J connectivity index is 2.30. The normalized spacial score (nSPS) is 11.2. The topological polar surface area (TPSA) is 12.5 Å². The summed E-state index contributed by atoms with van der Waals surface area (Å²) in [6, 6.07) is 17.0. The molecule has 0 unspecified atom stereocenters. The summed E-state index contributed by atoms with van der Waals surface area (Å²) in [6.45, 7) is 12.9. The van der Waals surface area contributed by atoms with Gasteiger partial charge in [-0.05, 0) is 61.7 Å². The Labute approximate surface area is 146 Å². The Kier molecular flexibility index (Phi) is 6.68. The molecular weight excluding hydrogens is 294 g/mol. The molecule has 0 heterocycles. The van der Waals surface area contributed by atoms with E-state index in [0.717, 1.165) is 24.4 Å². The van der Waals surface area contributed by atoms with Crippen LogP contribution in [0.1, 0.15) is 31.9 Å². The summed E-state index contributed by atoms with van der Waals surface area (Å²) in [4.78, 5) is 2.34. The van der Waals surface area contributed by atoms with Crippen LogP contribution >= 0.6 is 0 Å². The van der Waals surface area contributed by atoms with Crippen molar-refractivity contribution in [3.63, 3.8) is 0 Å². The minimum atomic E-state index is 0.682. The molecule has 0 amide bonds. The molecule has 126 valence electrons. The van der Waals surface area contributed by atoms with Crippen LogP contribution in [0.5, 0.6) is 5.75 Å². The van der Waals surface area contributed by atoms with Crippen molar-refractivity contribution in [2.75, 3.05) is 24.6 Å². The van der Waals surface area contributed by atoms with Crippen LogP contribution in [-0.2, 0) is 0 Å². The number of hydrogen-bond acceptors (Lipinski definition) is 2. The Morgan fingerprint density at radius 1 is 0.917 bits per heavy atom. The molecule has 0 spiro atoms. The molecule has 0 aromatic heterocycles. The summed E-state index contributed by atoms with van der Waals surface area (Å²) in [5.41, 5.74) is 4.77. The molecular formula is C22H27NO. The van der Waals surface area contributed by atoms with Gasteiger partial charge in [0.1, 0.15) is 5.75 Å². The number of nitrogens with zero attached hydrogens (tertiary/aromatic N) is 1. The monoisotopic (exact) mass is 321 g/mol. The molecule has 0 bridgehead atoms. The Morgan fingerprint density at radius 2 is 1.46 bits per heavy atom. The van der Waals surface area contributed by atoms with Crippen LogP contribution < -0.4 is 9.64 Å². The Hall–Kier alpha value is -2.48. The molecule has 0 radical (unpaired) electrons. The first-order valence-corrected chi connectivity index (χ1v) is 8.64. The lowest BCUT2D eigenvalue weighted by molar-refractivity contribution is 0.340. The number of ether oxygens (including phenoxy) is 1. The SMILES string of the molecule is C=CC=C(c1ccc(OCC)cc1)c1ccc(N(CC)CC)cc1. The first-order chi connectivity index (χ1) is 11.7. The van der Waals surface area contributed by atoms with Crippen molar-refractivity contribution in [2.24, 2.45) is 0 Å². The van der Waals surface area contributed by atoms with Crippen molar-refractivity contribution < 1.29 is 4.74 Å². The van der Waals surface area contributed by atoms with E-state index in [1.165, 1.54) is 16.8 Å². The average Bonchev–Trinajstić information content (AvgIpc) is 2.63. The summed E-state index contributed by atoms with van der Waals surface area (Å²) >= 11 is 0. The minimum Gasteiger partial charge on any atom is -0.494 e. The van der Waals surface area contributed by atoms with E-state index >= 15 is 0 Å². The first kappa shape index (κ1) is 17.9. The fraction of sp³-hybridized carbons (Fsp3) is 0.273. The summed E-state index contributed by atoms with van der Waals surface area (Å²) in [5, 5.41) is 0. The molecule has 24 heavy (non-hydrogen) atoms. The van der Waals surface area contributed by atoms with Gasteiger partial charge in [-0.15, -0.1) is 0 Å². The van der Waals surface area contributed by atoms with Crippen molar-refractivity contribution in [1.82, 2.24) is 0 Å². The quantitative estimate of drug-likeness (QED) is 0.591. The van der Waals surface area contributed by atoms with Gasteiger partial charge in [0.15, 0.2) is 0 Å². The van der Waals surface area contributed by atoms with Gasteiger partial charge in [-0.1, -0.05) is 43.0 Å². The van der Waals surface area contributed by atoms with Crippen LogP contribution in [-0.4, -0.2) is 19.7 Å². The predicted octanol–water partition coefficient (Wildman–Crippen LogP) is 5.55. The van der Waals surface area contributed by atoms with Gasteiger partial charge in [-0.25, -0.2) is 0 Å². The van der Waals surface area contributed by atoms with E-state index in [2.05, 4.69) is 67.8 Å². The van der Waals surface area contributed by atoms with E-state index in [1.807, 2.05) is 25.1 Å². The third-order valence-electron chi connectivity index (χ3n) is 4.07. The van der Waals surface area contributed by atoms with Crippen LogP contribution in [0.2, 0.25) is 0 Å². The molecule has 0 aliphatic rings. The molecule has 0 fully saturated rings. The minimum absolute atomic E-state index is 0.682. The van der Waals surface area contributed by atoms with Gasteiger partial charge in [-0.3, -0.25) is 0 Å². The number of rotatable bonds is 8. The Morgan fingerprint density at radius 3 is 1.92 bits per heavy atom. The molecule has 0 N–H and O–H groups in total. The molecule has 2 aromatic carbocycles. The zero-order valence-electron chi connectivity index (χ0n) is 15.0. The van der Waals surface area contributed by atoms with Crippen LogP contribution in [0.15, 0.2) is 67.3 Å². The lowest BCUT2D eigenvalue weighted by Crippen LogP contribution is -2.21. The van der Waals surface area contributed by atoms with Crippen molar-refractivity contribution in [2.45, 2.75) is 20.8 Å². The predicted molar refractivity (Wildman–Crippen MR) is 105 cm³/mol. The van der Waals surface area contributed by atoms with Gasteiger partial charge >= 0.3 is 0 Å². The maximum atomic E-state index is 5.53. The molecule has 2 rings (SSSR count). The van der Waals surface area contributed by atoms with E-state index in [4.69, 9.17) is 4.74 Å². The standard InChI is InChI=1S/C22H27NO/c1-5-9-22(19-12-16-21(17-13-19)24-8-4)18-10-14-20(15-11-18)23(6-2)7-3/h5,9-17H,1,6-8H2,2-4H3. The largest absolute Gasteiger partial charge is 0.494 e. The summed E-state index contributed by atoms with van der Waals surface area (Å²) < 4.78 is 5.53. The van der Waals surface area contributed by atoms with Crippen LogP contribution in [0.25, 0.3) is 5.57 Å². The molecule has 0 aliphatic heterocycles. The Bertz CT molecular complexity index is 664. The highest BCUT2D eigenvalue weighted by Gasteiger charge is 2.07. The maximum Gasteiger partial charge on any atom is 0.119 e. The van der Waals surface area contributed by atoms with Gasteiger partial charge in [0.25, 0.3) is 0 Å². The van der Waals surface area contributed by atoms with Crippen LogP contribution in [0.3, 0.4) is 0 Å². The lowest BCUT2D eigenvalue weighted by atomic mass is 9.97. The number of anilines is 1. The number of hydrogen-bond donors (Lipinski definition) is 0. The zero-order chi connectivity index (χ0) is 17.4. The molecule has 0 atom stereocenters. The van der Waals surface area contributed by atoms with Crippen molar-refractivity contribution in [1.29, 1.82) is 0 Å². The van der Waals surface area contributed by atoms with Gasteiger partial charge in [-0.2, -0.15) is 0 Å². The summed E-state index contributed by atoms with van der Waals surface area (Å²) in [5.74, 6) is 0.899.